The van der Waals surface area contributed by atoms with E-state index in [-0.39, 0.29) is 6.03 Å². The lowest BCUT2D eigenvalue weighted by molar-refractivity contribution is 0.228. The predicted molar refractivity (Wildman–Crippen MR) is 75.9 cm³/mol. The fraction of sp³-hybridized carbons (Fsp3) is 0.500. The van der Waals surface area contributed by atoms with Gasteiger partial charge in [-0.05, 0) is 37.5 Å². The van der Waals surface area contributed by atoms with Crippen LogP contribution in [0.5, 0.6) is 0 Å². The second kappa shape index (κ2) is 6.10. The second-order valence-corrected chi connectivity index (χ2v) is 5.80. The summed E-state index contributed by atoms with van der Waals surface area (Å²) in [5.74, 6) is 0.435. The molecular formula is C14H21ClN2O. The van der Waals surface area contributed by atoms with Crippen molar-refractivity contribution in [3.05, 3.63) is 34.9 Å². The zero-order valence-electron chi connectivity index (χ0n) is 11.4. The zero-order chi connectivity index (χ0) is 13.8. The molecule has 3 nitrogen and oxygen atoms in total. The van der Waals surface area contributed by atoms with Crippen molar-refractivity contribution in [3.63, 3.8) is 0 Å². The Bertz CT molecular complexity index is 416. The van der Waals surface area contributed by atoms with E-state index in [4.69, 9.17) is 11.6 Å². The minimum Gasteiger partial charge on any atom is -0.338 e. The molecule has 1 aromatic carbocycles. The van der Waals surface area contributed by atoms with E-state index in [9.17, 15) is 4.79 Å². The molecule has 18 heavy (non-hydrogen) atoms. The summed E-state index contributed by atoms with van der Waals surface area (Å²) in [6.45, 7) is 8.68. The van der Waals surface area contributed by atoms with Gasteiger partial charge in [-0.3, -0.25) is 0 Å². The third-order valence-electron chi connectivity index (χ3n) is 2.64. The van der Waals surface area contributed by atoms with Crippen molar-refractivity contribution in [2.45, 2.75) is 33.2 Å². The Balaban J connectivity index is 2.67. The molecule has 0 aliphatic heterocycles. The molecule has 0 saturated heterocycles. The molecule has 0 unspecified atom stereocenters. The Kier molecular flexibility index (Phi) is 5.03. The van der Waals surface area contributed by atoms with Crippen LogP contribution in [-0.4, -0.2) is 12.6 Å². The quantitative estimate of drug-likeness (QED) is 0.862. The van der Waals surface area contributed by atoms with Crippen LogP contribution in [-0.2, 0) is 5.54 Å². The molecule has 1 aromatic rings. The largest absolute Gasteiger partial charge is 0.338 e. The lowest BCUT2D eigenvalue weighted by atomic mass is 9.94. The SMILES string of the molecule is CC(C)CNC(=O)NC(C)(C)c1cccc(Cl)c1. The number of nitrogens with one attached hydrogen (secondary N) is 2. The number of halogens is 1. The second-order valence-electron chi connectivity index (χ2n) is 5.36. The van der Waals surface area contributed by atoms with E-state index in [0.717, 1.165) is 5.56 Å². The first kappa shape index (κ1) is 14.8. The normalized spacial score (nSPS) is 11.4. The molecule has 0 fully saturated rings. The maximum atomic E-state index is 11.8. The topological polar surface area (TPSA) is 41.1 Å². The van der Waals surface area contributed by atoms with Gasteiger partial charge in [0.2, 0.25) is 0 Å². The minimum absolute atomic E-state index is 0.159. The van der Waals surface area contributed by atoms with Crippen LogP contribution in [0.1, 0.15) is 33.3 Å². The Morgan fingerprint density at radius 2 is 2.06 bits per heavy atom. The zero-order valence-corrected chi connectivity index (χ0v) is 12.1. The van der Waals surface area contributed by atoms with Gasteiger partial charge in [-0.1, -0.05) is 37.6 Å². The number of urea groups is 1. The van der Waals surface area contributed by atoms with Gasteiger partial charge < -0.3 is 10.6 Å². The van der Waals surface area contributed by atoms with Crippen molar-refractivity contribution in [3.8, 4) is 0 Å². The van der Waals surface area contributed by atoms with Crippen LogP contribution in [0.15, 0.2) is 24.3 Å². The molecule has 0 aromatic heterocycles. The molecular weight excluding hydrogens is 248 g/mol. The average Bonchev–Trinajstić information content (AvgIpc) is 2.26. The predicted octanol–water partition coefficient (Wildman–Crippen LogP) is 3.53. The molecule has 100 valence electrons. The fourth-order valence-corrected chi connectivity index (χ4v) is 1.76. The number of rotatable bonds is 4. The third-order valence-corrected chi connectivity index (χ3v) is 2.88. The smallest absolute Gasteiger partial charge is 0.315 e. The molecule has 0 radical (unpaired) electrons. The van der Waals surface area contributed by atoms with E-state index in [0.29, 0.717) is 17.5 Å². The van der Waals surface area contributed by atoms with E-state index in [1.54, 1.807) is 0 Å². The summed E-state index contributed by atoms with van der Waals surface area (Å²) in [5.41, 5.74) is 0.529. The highest BCUT2D eigenvalue weighted by Crippen LogP contribution is 2.22. The Morgan fingerprint density at radius 1 is 1.39 bits per heavy atom. The van der Waals surface area contributed by atoms with Gasteiger partial charge in [0.1, 0.15) is 0 Å². The molecule has 1 rings (SSSR count). The van der Waals surface area contributed by atoms with Crippen molar-refractivity contribution < 1.29 is 4.79 Å². The Morgan fingerprint density at radius 3 is 2.61 bits per heavy atom. The van der Waals surface area contributed by atoms with Gasteiger partial charge in [0, 0.05) is 11.6 Å². The van der Waals surface area contributed by atoms with Gasteiger partial charge in [-0.2, -0.15) is 0 Å². The molecule has 0 spiro atoms. The first-order valence-corrected chi connectivity index (χ1v) is 6.51. The highest BCUT2D eigenvalue weighted by Gasteiger charge is 2.22. The van der Waals surface area contributed by atoms with Crippen LogP contribution < -0.4 is 10.6 Å². The molecule has 2 amide bonds. The van der Waals surface area contributed by atoms with Crippen molar-refractivity contribution in [2.24, 2.45) is 5.92 Å². The molecule has 2 N–H and O–H groups in total. The van der Waals surface area contributed by atoms with E-state index in [1.165, 1.54) is 0 Å². The van der Waals surface area contributed by atoms with Gasteiger partial charge in [0.05, 0.1) is 5.54 Å². The molecule has 0 aliphatic rings. The summed E-state index contributed by atoms with van der Waals surface area (Å²) in [6, 6.07) is 7.36. The van der Waals surface area contributed by atoms with Crippen LogP contribution in [0.4, 0.5) is 4.79 Å². The lowest BCUT2D eigenvalue weighted by Gasteiger charge is -2.27. The van der Waals surface area contributed by atoms with E-state index in [2.05, 4.69) is 24.5 Å². The van der Waals surface area contributed by atoms with Crippen LogP contribution in [0.25, 0.3) is 0 Å². The lowest BCUT2D eigenvalue weighted by Crippen LogP contribution is -2.47. The van der Waals surface area contributed by atoms with Crippen LogP contribution >= 0.6 is 11.6 Å². The molecule has 0 aliphatic carbocycles. The first-order valence-electron chi connectivity index (χ1n) is 6.13. The van der Waals surface area contributed by atoms with Crippen molar-refractivity contribution >= 4 is 17.6 Å². The standard InChI is InChI=1S/C14H21ClN2O/c1-10(2)9-16-13(18)17-14(3,4)11-6-5-7-12(15)8-11/h5-8,10H,9H2,1-4H3,(H2,16,17,18). The molecule has 0 atom stereocenters. The van der Waals surface area contributed by atoms with Crippen molar-refractivity contribution in [2.75, 3.05) is 6.54 Å². The highest BCUT2D eigenvalue weighted by atomic mass is 35.5. The summed E-state index contributed by atoms with van der Waals surface area (Å²) in [6.07, 6.45) is 0. The molecule has 0 heterocycles. The number of hydrogen-bond acceptors (Lipinski definition) is 1. The third kappa shape index (κ3) is 4.57. The summed E-state index contributed by atoms with van der Waals surface area (Å²) in [7, 11) is 0. The van der Waals surface area contributed by atoms with Crippen LogP contribution in [0.3, 0.4) is 0 Å². The van der Waals surface area contributed by atoms with Crippen molar-refractivity contribution in [1.82, 2.24) is 10.6 Å². The summed E-state index contributed by atoms with van der Waals surface area (Å²) >= 11 is 5.96. The van der Waals surface area contributed by atoms with E-state index in [1.807, 2.05) is 38.1 Å². The Labute approximate surface area is 114 Å². The van der Waals surface area contributed by atoms with Crippen LogP contribution in [0.2, 0.25) is 5.02 Å². The number of hydrogen-bond donors (Lipinski definition) is 2. The monoisotopic (exact) mass is 268 g/mol. The molecule has 0 saturated carbocycles. The number of carbonyl (C=O) groups is 1. The average molecular weight is 269 g/mol. The van der Waals surface area contributed by atoms with E-state index >= 15 is 0 Å². The number of carbonyl (C=O) groups excluding carboxylic acids is 1. The number of benzene rings is 1. The molecule has 4 heteroatoms. The molecule has 0 bridgehead atoms. The minimum atomic E-state index is -0.452. The maximum Gasteiger partial charge on any atom is 0.315 e. The van der Waals surface area contributed by atoms with Crippen molar-refractivity contribution in [1.29, 1.82) is 0 Å². The summed E-state index contributed by atoms with van der Waals surface area (Å²) < 4.78 is 0. The maximum absolute atomic E-state index is 11.8. The van der Waals surface area contributed by atoms with E-state index < -0.39 is 5.54 Å². The van der Waals surface area contributed by atoms with Gasteiger partial charge in [-0.15, -0.1) is 0 Å². The fourth-order valence-electron chi connectivity index (χ4n) is 1.57. The van der Waals surface area contributed by atoms with Crippen LogP contribution in [0, 0.1) is 5.92 Å². The summed E-state index contributed by atoms with van der Waals surface area (Å²) in [4.78, 5) is 11.8. The Hall–Kier alpha value is -1.22. The van der Waals surface area contributed by atoms with Gasteiger partial charge >= 0.3 is 6.03 Å². The van der Waals surface area contributed by atoms with Gasteiger partial charge in [0.25, 0.3) is 0 Å². The number of amides is 2. The highest BCUT2D eigenvalue weighted by molar-refractivity contribution is 6.30. The van der Waals surface area contributed by atoms with Gasteiger partial charge in [-0.25, -0.2) is 4.79 Å². The first-order chi connectivity index (χ1) is 8.31. The summed E-state index contributed by atoms with van der Waals surface area (Å²) in [5, 5.41) is 6.46. The van der Waals surface area contributed by atoms with Gasteiger partial charge in [0.15, 0.2) is 0 Å².